The maximum absolute atomic E-state index is 5.72. The lowest BCUT2D eigenvalue weighted by Crippen LogP contribution is -2.16. The van der Waals surface area contributed by atoms with Crippen LogP contribution in [0.5, 0.6) is 5.75 Å². The molecule has 0 aliphatic heterocycles. The van der Waals surface area contributed by atoms with E-state index in [1.54, 1.807) is 0 Å². The van der Waals surface area contributed by atoms with Crippen molar-refractivity contribution in [2.24, 2.45) is 0 Å². The molecule has 21 heavy (non-hydrogen) atoms. The maximum atomic E-state index is 5.72. The van der Waals surface area contributed by atoms with Crippen molar-refractivity contribution in [3.05, 3.63) is 52.2 Å². The van der Waals surface area contributed by atoms with Gasteiger partial charge < -0.3 is 10.1 Å². The molecule has 0 spiro atoms. The highest BCUT2D eigenvalue weighted by Crippen LogP contribution is 2.13. The highest BCUT2D eigenvalue weighted by atomic mass is 32.1. The molecule has 0 radical (unpaired) electrons. The molecule has 1 aromatic carbocycles. The van der Waals surface area contributed by atoms with Crippen LogP contribution >= 0.6 is 11.3 Å². The van der Waals surface area contributed by atoms with Crippen molar-refractivity contribution in [1.29, 1.82) is 0 Å². The molecule has 0 saturated carbocycles. The fourth-order valence-electron chi connectivity index (χ4n) is 2.14. The fraction of sp³-hybridized carbons (Fsp3) is 0.444. The summed E-state index contributed by atoms with van der Waals surface area (Å²) in [5, 5.41) is 5.62. The molecule has 0 saturated heterocycles. The highest BCUT2D eigenvalue weighted by Gasteiger charge is 1.97. The van der Waals surface area contributed by atoms with E-state index < -0.39 is 0 Å². The normalized spacial score (nSPS) is 10.7. The second kappa shape index (κ2) is 9.59. The molecule has 0 amide bonds. The first-order valence-electron chi connectivity index (χ1n) is 7.83. The van der Waals surface area contributed by atoms with E-state index in [2.05, 4.69) is 54.0 Å². The molecule has 0 fully saturated rings. The lowest BCUT2D eigenvalue weighted by atomic mass is 10.2. The SMILES string of the molecule is CCCCCOc1ccc(CNCCc2cccs2)cc1. The Bertz CT molecular complexity index is 478. The molecular formula is C18H25NOS. The molecule has 3 heteroatoms. The summed E-state index contributed by atoms with van der Waals surface area (Å²) in [7, 11) is 0. The van der Waals surface area contributed by atoms with Gasteiger partial charge in [-0.1, -0.05) is 38.0 Å². The summed E-state index contributed by atoms with van der Waals surface area (Å²) < 4.78 is 5.72. The third-order valence-corrected chi connectivity index (χ3v) is 4.33. The molecular weight excluding hydrogens is 278 g/mol. The van der Waals surface area contributed by atoms with Gasteiger partial charge in [0.2, 0.25) is 0 Å². The maximum Gasteiger partial charge on any atom is 0.119 e. The summed E-state index contributed by atoms with van der Waals surface area (Å²) in [6, 6.07) is 12.7. The number of thiophene rings is 1. The molecule has 2 rings (SSSR count). The van der Waals surface area contributed by atoms with Crippen molar-refractivity contribution in [2.45, 2.75) is 39.2 Å². The molecule has 0 aliphatic rings. The van der Waals surface area contributed by atoms with Gasteiger partial charge in [0.05, 0.1) is 6.61 Å². The molecule has 0 unspecified atom stereocenters. The Kier molecular flexibility index (Phi) is 7.33. The van der Waals surface area contributed by atoms with E-state index in [1.165, 1.54) is 23.3 Å². The minimum Gasteiger partial charge on any atom is -0.494 e. The average molecular weight is 303 g/mol. The fourth-order valence-corrected chi connectivity index (χ4v) is 2.85. The molecule has 2 aromatic rings. The average Bonchev–Trinajstić information content (AvgIpc) is 3.03. The van der Waals surface area contributed by atoms with Crippen molar-refractivity contribution >= 4 is 11.3 Å². The molecule has 0 bridgehead atoms. The number of hydrogen-bond donors (Lipinski definition) is 1. The number of nitrogens with one attached hydrogen (secondary N) is 1. The molecule has 1 aromatic heterocycles. The van der Waals surface area contributed by atoms with Crippen molar-refractivity contribution in [2.75, 3.05) is 13.2 Å². The number of hydrogen-bond acceptors (Lipinski definition) is 3. The van der Waals surface area contributed by atoms with Gasteiger partial charge in [0, 0.05) is 18.0 Å². The second-order valence-corrected chi connectivity index (χ2v) is 6.24. The van der Waals surface area contributed by atoms with E-state index in [9.17, 15) is 0 Å². The first-order chi connectivity index (χ1) is 10.4. The van der Waals surface area contributed by atoms with Crippen LogP contribution in [0.3, 0.4) is 0 Å². The Morgan fingerprint density at radius 1 is 1.10 bits per heavy atom. The molecule has 0 aliphatic carbocycles. The predicted octanol–water partition coefficient (Wildman–Crippen LogP) is 4.65. The summed E-state index contributed by atoms with van der Waals surface area (Å²) in [5.41, 5.74) is 1.31. The monoisotopic (exact) mass is 303 g/mol. The van der Waals surface area contributed by atoms with Gasteiger partial charge in [-0.15, -0.1) is 11.3 Å². The third kappa shape index (κ3) is 6.32. The molecule has 114 valence electrons. The summed E-state index contributed by atoms with van der Waals surface area (Å²) in [6.07, 6.45) is 4.73. The molecule has 1 N–H and O–H groups in total. The van der Waals surface area contributed by atoms with Crippen LogP contribution in [0.1, 0.15) is 36.6 Å². The Balaban J connectivity index is 1.62. The van der Waals surface area contributed by atoms with E-state index in [4.69, 9.17) is 4.74 Å². The van der Waals surface area contributed by atoms with Crippen LogP contribution in [0.25, 0.3) is 0 Å². The van der Waals surface area contributed by atoms with Gasteiger partial charge in [-0.3, -0.25) is 0 Å². The minimum atomic E-state index is 0.826. The topological polar surface area (TPSA) is 21.3 Å². The van der Waals surface area contributed by atoms with E-state index in [0.29, 0.717) is 0 Å². The Hall–Kier alpha value is -1.32. The lowest BCUT2D eigenvalue weighted by molar-refractivity contribution is 0.306. The van der Waals surface area contributed by atoms with Gasteiger partial charge in [0.15, 0.2) is 0 Å². The van der Waals surface area contributed by atoms with Crippen molar-refractivity contribution in [3.8, 4) is 5.75 Å². The van der Waals surface area contributed by atoms with E-state index in [1.807, 2.05) is 11.3 Å². The van der Waals surface area contributed by atoms with Crippen LogP contribution in [0.2, 0.25) is 0 Å². The van der Waals surface area contributed by atoms with Gasteiger partial charge in [-0.2, -0.15) is 0 Å². The first-order valence-corrected chi connectivity index (χ1v) is 8.71. The van der Waals surface area contributed by atoms with Crippen LogP contribution in [-0.2, 0) is 13.0 Å². The summed E-state index contributed by atoms with van der Waals surface area (Å²) in [5.74, 6) is 0.980. The van der Waals surface area contributed by atoms with Crippen LogP contribution in [0.4, 0.5) is 0 Å². The predicted molar refractivity (Wildman–Crippen MR) is 91.2 cm³/mol. The number of benzene rings is 1. The van der Waals surface area contributed by atoms with Crippen molar-refractivity contribution in [3.63, 3.8) is 0 Å². The molecule has 0 atom stereocenters. The zero-order chi connectivity index (χ0) is 14.8. The summed E-state index contributed by atoms with van der Waals surface area (Å²) in [6.45, 7) is 4.98. The van der Waals surface area contributed by atoms with Crippen molar-refractivity contribution < 1.29 is 4.74 Å². The van der Waals surface area contributed by atoms with Gasteiger partial charge >= 0.3 is 0 Å². The number of unbranched alkanes of at least 4 members (excludes halogenated alkanes) is 2. The summed E-state index contributed by atoms with van der Waals surface area (Å²) in [4.78, 5) is 1.44. The molecule has 2 nitrogen and oxygen atoms in total. The van der Waals surface area contributed by atoms with E-state index in [0.717, 1.165) is 38.3 Å². The quantitative estimate of drug-likeness (QED) is 0.645. The zero-order valence-electron chi connectivity index (χ0n) is 12.8. The Labute approximate surface area is 132 Å². The largest absolute Gasteiger partial charge is 0.494 e. The minimum absolute atomic E-state index is 0.826. The van der Waals surface area contributed by atoms with E-state index in [-0.39, 0.29) is 0 Å². The van der Waals surface area contributed by atoms with Crippen LogP contribution < -0.4 is 10.1 Å². The smallest absolute Gasteiger partial charge is 0.119 e. The number of ether oxygens (including phenoxy) is 1. The summed E-state index contributed by atoms with van der Waals surface area (Å²) >= 11 is 1.83. The standard InChI is InChI=1S/C18H25NOS/c1-2-3-4-13-20-17-9-7-16(8-10-17)15-19-12-11-18-6-5-14-21-18/h5-10,14,19H,2-4,11-13,15H2,1H3. The van der Waals surface area contributed by atoms with Gasteiger partial charge in [-0.05, 0) is 42.0 Å². The van der Waals surface area contributed by atoms with Gasteiger partial charge in [-0.25, -0.2) is 0 Å². The lowest BCUT2D eigenvalue weighted by Gasteiger charge is -2.08. The Morgan fingerprint density at radius 2 is 1.95 bits per heavy atom. The second-order valence-electron chi connectivity index (χ2n) is 5.21. The first kappa shape index (κ1) is 16.1. The number of rotatable bonds is 10. The van der Waals surface area contributed by atoms with E-state index >= 15 is 0 Å². The highest BCUT2D eigenvalue weighted by molar-refractivity contribution is 7.09. The van der Waals surface area contributed by atoms with Gasteiger partial charge in [0.25, 0.3) is 0 Å². The van der Waals surface area contributed by atoms with Crippen LogP contribution in [0.15, 0.2) is 41.8 Å². The third-order valence-electron chi connectivity index (χ3n) is 3.40. The van der Waals surface area contributed by atoms with Crippen LogP contribution in [0, 0.1) is 0 Å². The van der Waals surface area contributed by atoms with Gasteiger partial charge in [0.1, 0.15) is 5.75 Å². The van der Waals surface area contributed by atoms with Crippen molar-refractivity contribution in [1.82, 2.24) is 5.32 Å². The Morgan fingerprint density at radius 3 is 2.67 bits per heavy atom. The zero-order valence-corrected chi connectivity index (χ0v) is 13.6. The van der Waals surface area contributed by atoms with Crippen LogP contribution in [-0.4, -0.2) is 13.2 Å². The molecule has 1 heterocycles.